The van der Waals surface area contributed by atoms with Crippen molar-refractivity contribution in [2.45, 2.75) is 6.92 Å². The van der Waals surface area contributed by atoms with E-state index in [2.05, 4.69) is 10.3 Å². The first-order valence-electron chi connectivity index (χ1n) is 8.70. The highest BCUT2D eigenvalue weighted by Gasteiger charge is 2.21. The van der Waals surface area contributed by atoms with Gasteiger partial charge in [0.05, 0.1) is 30.4 Å². The molecule has 2 aromatic carbocycles. The molecule has 0 saturated heterocycles. The number of nitrogens with zero attached hydrogens (tertiary/aromatic N) is 2. The second-order valence-corrected chi connectivity index (χ2v) is 7.28. The third kappa shape index (κ3) is 3.40. The van der Waals surface area contributed by atoms with Crippen LogP contribution in [0.3, 0.4) is 0 Å². The number of amidine groups is 1. The van der Waals surface area contributed by atoms with Gasteiger partial charge in [0.15, 0.2) is 5.17 Å². The summed E-state index contributed by atoms with van der Waals surface area (Å²) in [5.74, 6) is 1.54. The fourth-order valence-corrected chi connectivity index (χ4v) is 3.92. The molecule has 0 radical (unpaired) electrons. The molecule has 1 aromatic heterocycles. The molecule has 0 bridgehead atoms. The van der Waals surface area contributed by atoms with Crippen molar-refractivity contribution in [1.29, 1.82) is 0 Å². The molecule has 5 nitrogen and oxygen atoms in total. The fraction of sp³-hybridized carbons (Fsp3) is 0.190. The minimum atomic E-state index is -0.144. The van der Waals surface area contributed by atoms with E-state index in [0.29, 0.717) is 10.7 Å². The van der Waals surface area contributed by atoms with Crippen LogP contribution in [0.5, 0.6) is 5.75 Å². The van der Waals surface area contributed by atoms with E-state index in [1.807, 2.05) is 55.5 Å². The van der Waals surface area contributed by atoms with Gasteiger partial charge in [0.1, 0.15) is 5.75 Å². The Labute approximate surface area is 161 Å². The fourth-order valence-electron chi connectivity index (χ4n) is 3.20. The summed E-state index contributed by atoms with van der Waals surface area (Å²) in [6.45, 7) is 2.69. The van der Waals surface area contributed by atoms with Crippen LogP contribution in [0.2, 0.25) is 0 Å². The number of nitrogens with one attached hydrogen (secondary N) is 1. The van der Waals surface area contributed by atoms with Crippen LogP contribution in [0.25, 0.3) is 22.2 Å². The summed E-state index contributed by atoms with van der Waals surface area (Å²) in [5, 5.41) is 4.48. The number of fused-ring (bicyclic) bond motifs is 1. The Balaban J connectivity index is 1.85. The Hall–Kier alpha value is -2.86. The lowest BCUT2D eigenvalue weighted by molar-refractivity contribution is 0.0979. The van der Waals surface area contributed by atoms with Gasteiger partial charge >= 0.3 is 0 Å². The Bertz CT molecular complexity index is 1050. The van der Waals surface area contributed by atoms with Gasteiger partial charge in [-0.3, -0.25) is 9.79 Å². The van der Waals surface area contributed by atoms with Crippen molar-refractivity contribution in [2.24, 2.45) is 4.99 Å². The molecule has 1 aliphatic heterocycles. The van der Waals surface area contributed by atoms with Crippen LogP contribution in [0.4, 0.5) is 0 Å². The zero-order valence-electron chi connectivity index (χ0n) is 15.2. The number of amides is 1. The minimum absolute atomic E-state index is 0.144. The summed E-state index contributed by atoms with van der Waals surface area (Å²) in [4.78, 5) is 22.2. The van der Waals surface area contributed by atoms with Crippen LogP contribution >= 0.6 is 11.8 Å². The first-order valence-corrected chi connectivity index (χ1v) is 9.68. The zero-order valence-corrected chi connectivity index (χ0v) is 16.0. The second-order valence-electron chi connectivity index (χ2n) is 6.20. The first kappa shape index (κ1) is 17.5. The average Bonchev–Trinajstić information content (AvgIpc) is 3.20. The van der Waals surface area contributed by atoms with E-state index in [-0.39, 0.29) is 5.91 Å². The summed E-state index contributed by atoms with van der Waals surface area (Å²) in [6.07, 6.45) is 0. The summed E-state index contributed by atoms with van der Waals surface area (Å²) < 4.78 is 5.24. The predicted molar refractivity (Wildman–Crippen MR) is 111 cm³/mol. The van der Waals surface area contributed by atoms with Crippen molar-refractivity contribution >= 4 is 33.7 Å². The number of aliphatic imine (C=N–C) groups is 1. The van der Waals surface area contributed by atoms with Crippen LogP contribution in [-0.2, 0) is 0 Å². The molecule has 6 heteroatoms. The van der Waals surface area contributed by atoms with Gasteiger partial charge in [-0.25, -0.2) is 4.98 Å². The number of thioether (sulfide) groups is 1. The highest BCUT2D eigenvalue weighted by molar-refractivity contribution is 8.14. The smallest absolute Gasteiger partial charge is 0.258 e. The summed E-state index contributed by atoms with van der Waals surface area (Å²) in [5.41, 5.74) is 4.02. The van der Waals surface area contributed by atoms with Crippen molar-refractivity contribution in [1.82, 2.24) is 10.3 Å². The number of methoxy groups -OCH3 is 1. The standard InChI is InChI=1S/C21H19N3O2S/c1-13-18(20(25)24-21-22-11-12-27-21)16-5-3-4-6-17(16)23-19(13)14-7-9-15(26-2)10-8-14/h3-10H,11-12H2,1-2H3,(H,22,24,25). The zero-order chi connectivity index (χ0) is 18.8. The Morgan fingerprint density at radius 2 is 1.93 bits per heavy atom. The lowest BCUT2D eigenvalue weighted by Gasteiger charge is -2.15. The van der Waals surface area contributed by atoms with Gasteiger partial charge in [0.2, 0.25) is 0 Å². The number of carbonyl (C=O) groups excluding carboxylic acids is 1. The average molecular weight is 377 g/mol. The molecule has 3 aromatic rings. The van der Waals surface area contributed by atoms with Crippen LogP contribution in [0, 0.1) is 6.92 Å². The number of para-hydroxylation sites is 1. The highest BCUT2D eigenvalue weighted by Crippen LogP contribution is 2.30. The number of pyridine rings is 1. The van der Waals surface area contributed by atoms with Crippen LogP contribution < -0.4 is 10.1 Å². The molecule has 0 fully saturated rings. The molecule has 0 spiro atoms. The van der Waals surface area contributed by atoms with E-state index in [0.717, 1.165) is 45.8 Å². The molecule has 136 valence electrons. The number of carbonyl (C=O) groups is 1. The number of rotatable bonds is 3. The largest absolute Gasteiger partial charge is 0.497 e. The van der Waals surface area contributed by atoms with Gasteiger partial charge < -0.3 is 10.1 Å². The van der Waals surface area contributed by atoms with Gasteiger partial charge in [-0.2, -0.15) is 0 Å². The van der Waals surface area contributed by atoms with Crippen molar-refractivity contribution in [3.8, 4) is 17.0 Å². The number of hydrogen-bond acceptors (Lipinski definition) is 5. The molecule has 1 N–H and O–H groups in total. The second kappa shape index (κ2) is 7.40. The number of benzene rings is 2. The maximum atomic E-state index is 13.1. The Morgan fingerprint density at radius 3 is 2.63 bits per heavy atom. The highest BCUT2D eigenvalue weighted by atomic mass is 32.2. The summed E-state index contributed by atoms with van der Waals surface area (Å²) >= 11 is 1.57. The molecule has 4 rings (SSSR count). The normalized spacial score (nSPS) is 13.5. The molecule has 0 atom stereocenters. The van der Waals surface area contributed by atoms with E-state index >= 15 is 0 Å². The number of aromatic nitrogens is 1. The maximum Gasteiger partial charge on any atom is 0.258 e. The molecular weight excluding hydrogens is 358 g/mol. The molecule has 0 aliphatic carbocycles. The van der Waals surface area contributed by atoms with E-state index < -0.39 is 0 Å². The third-order valence-corrected chi connectivity index (χ3v) is 5.42. The van der Waals surface area contributed by atoms with E-state index in [9.17, 15) is 4.79 Å². The molecule has 1 amide bonds. The van der Waals surface area contributed by atoms with Crippen molar-refractivity contribution in [3.05, 3.63) is 59.7 Å². The lowest BCUT2D eigenvalue weighted by Crippen LogP contribution is -2.28. The van der Waals surface area contributed by atoms with Crippen LogP contribution in [0.1, 0.15) is 15.9 Å². The molecule has 0 unspecified atom stereocenters. The van der Waals surface area contributed by atoms with Gasteiger partial charge in [-0.1, -0.05) is 30.0 Å². The van der Waals surface area contributed by atoms with Crippen molar-refractivity contribution in [2.75, 3.05) is 19.4 Å². The molecule has 1 aliphatic rings. The summed E-state index contributed by atoms with van der Waals surface area (Å²) in [7, 11) is 1.64. The molecule has 2 heterocycles. The molecular formula is C21H19N3O2S. The van der Waals surface area contributed by atoms with E-state index in [1.165, 1.54) is 0 Å². The first-order chi connectivity index (χ1) is 13.2. The topological polar surface area (TPSA) is 63.6 Å². The van der Waals surface area contributed by atoms with E-state index in [4.69, 9.17) is 9.72 Å². The Kier molecular flexibility index (Phi) is 4.81. The van der Waals surface area contributed by atoms with Gasteiger partial charge in [-0.05, 0) is 42.8 Å². The van der Waals surface area contributed by atoms with Gasteiger partial charge in [0, 0.05) is 16.7 Å². The van der Waals surface area contributed by atoms with Crippen molar-refractivity contribution in [3.63, 3.8) is 0 Å². The molecule has 0 saturated carbocycles. The SMILES string of the molecule is COc1ccc(-c2nc3ccccc3c(C(=O)NC3=NCCS3)c2C)cc1. The van der Waals surface area contributed by atoms with Crippen LogP contribution in [-0.4, -0.2) is 35.5 Å². The predicted octanol–water partition coefficient (Wildman–Crippen LogP) is 4.05. The lowest BCUT2D eigenvalue weighted by atomic mass is 9.97. The van der Waals surface area contributed by atoms with Gasteiger partial charge in [-0.15, -0.1) is 0 Å². The monoisotopic (exact) mass is 377 g/mol. The van der Waals surface area contributed by atoms with Gasteiger partial charge in [0.25, 0.3) is 5.91 Å². The molecule has 27 heavy (non-hydrogen) atoms. The van der Waals surface area contributed by atoms with E-state index in [1.54, 1.807) is 18.9 Å². The maximum absolute atomic E-state index is 13.1. The Morgan fingerprint density at radius 1 is 1.15 bits per heavy atom. The minimum Gasteiger partial charge on any atom is -0.497 e. The summed E-state index contributed by atoms with van der Waals surface area (Å²) in [6, 6.07) is 15.4. The van der Waals surface area contributed by atoms with Crippen LogP contribution in [0.15, 0.2) is 53.5 Å². The third-order valence-electron chi connectivity index (χ3n) is 4.53. The van der Waals surface area contributed by atoms with Crippen molar-refractivity contribution < 1.29 is 9.53 Å². The number of ether oxygens (including phenoxy) is 1. The quantitative estimate of drug-likeness (QED) is 0.748. The number of hydrogen-bond donors (Lipinski definition) is 1.